The SMILES string of the molecule is Cc1ccc(C(=O)N[C@H](C)c2nnc(SCC(=O)Nc3nccs3)n2C)cc1. The molecule has 0 unspecified atom stereocenters. The zero-order valence-electron chi connectivity index (χ0n) is 15.7. The fourth-order valence-electron chi connectivity index (χ4n) is 2.45. The van der Waals surface area contributed by atoms with Gasteiger partial charge in [-0.05, 0) is 26.0 Å². The summed E-state index contributed by atoms with van der Waals surface area (Å²) in [5.41, 5.74) is 1.69. The summed E-state index contributed by atoms with van der Waals surface area (Å²) in [4.78, 5) is 28.4. The van der Waals surface area contributed by atoms with E-state index in [2.05, 4.69) is 25.8 Å². The first-order valence-electron chi connectivity index (χ1n) is 8.53. The number of hydrogen-bond donors (Lipinski definition) is 2. The molecule has 3 rings (SSSR count). The molecule has 0 aliphatic carbocycles. The molecule has 0 aliphatic heterocycles. The number of aryl methyl sites for hydroxylation is 1. The molecule has 2 N–H and O–H groups in total. The number of carbonyl (C=O) groups excluding carboxylic acids is 2. The molecular weight excluding hydrogens is 396 g/mol. The lowest BCUT2D eigenvalue weighted by Gasteiger charge is -2.13. The average molecular weight is 417 g/mol. The first-order valence-corrected chi connectivity index (χ1v) is 10.4. The van der Waals surface area contributed by atoms with E-state index >= 15 is 0 Å². The Labute approximate surface area is 170 Å². The van der Waals surface area contributed by atoms with Crippen LogP contribution in [0, 0.1) is 6.92 Å². The van der Waals surface area contributed by atoms with Crippen molar-refractivity contribution in [3.8, 4) is 0 Å². The Kier molecular flexibility index (Phi) is 6.42. The monoisotopic (exact) mass is 416 g/mol. The lowest BCUT2D eigenvalue weighted by Crippen LogP contribution is -2.28. The molecule has 8 nitrogen and oxygen atoms in total. The van der Waals surface area contributed by atoms with E-state index in [9.17, 15) is 9.59 Å². The summed E-state index contributed by atoms with van der Waals surface area (Å²) >= 11 is 2.64. The van der Waals surface area contributed by atoms with Crippen molar-refractivity contribution >= 4 is 40.0 Å². The molecule has 0 saturated heterocycles. The number of benzene rings is 1. The van der Waals surface area contributed by atoms with Gasteiger partial charge in [-0.1, -0.05) is 29.5 Å². The van der Waals surface area contributed by atoms with Crippen molar-refractivity contribution in [1.29, 1.82) is 0 Å². The van der Waals surface area contributed by atoms with Crippen LogP contribution in [0.25, 0.3) is 0 Å². The van der Waals surface area contributed by atoms with Crippen LogP contribution in [0.15, 0.2) is 41.0 Å². The number of aromatic nitrogens is 4. The van der Waals surface area contributed by atoms with Gasteiger partial charge in [0.1, 0.15) is 0 Å². The number of rotatable bonds is 7. The number of anilines is 1. The molecule has 0 saturated carbocycles. The molecule has 3 aromatic rings. The van der Waals surface area contributed by atoms with Gasteiger partial charge in [-0.15, -0.1) is 21.5 Å². The lowest BCUT2D eigenvalue weighted by atomic mass is 10.1. The largest absolute Gasteiger partial charge is 0.342 e. The summed E-state index contributed by atoms with van der Waals surface area (Å²) in [7, 11) is 1.81. The van der Waals surface area contributed by atoms with Crippen LogP contribution in [0.1, 0.15) is 34.7 Å². The van der Waals surface area contributed by atoms with Gasteiger partial charge in [-0.2, -0.15) is 0 Å². The summed E-state index contributed by atoms with van der Waals surface area (Å²) in [5, 5.41) is 16.9. The highest BCUT2D eigenvalue weighted by atomic mass is 32.2. The third-order valence-corrected chi connectivity index (χ3v) is 5.64. The van der Waals surface area contributed by atoms with Crippen LogP contribution in [0.4, 0.5) is 5.13 Å². The molecule has 0 bridgehead atoms. The number of thioether (sulfide) groups is 1. The Hall–Kier alpha value is -2.72. The molecule has 1 atom stereocenters. The van der Waals surface area contributed by atoms with E-state index in [0.29, 0.717) is 21.7 Å². The number of amides is 2. The van der Waals surface area contributed by atoms with E-state index < -0.39 is 0 Å². The minimum absolute atomic E-state index is 0.162. The van der Waals surface area contributed by atoms with Gasteiger partial charge in [0.05, 0.1) is 11.8 Å². The summed E-state index contributed by atoms with van der Waals surface area (Å²) in [6.07, 6.45) is 1.63. The molecule has 2 aromatic heterocycles. The van der Waals surface area contributed by atoms with Gasteiger partial charge in [0.2, 0.25) is 5.91 Å². The smallest absolute Gasteiger partial charge is 0.251 e. The van der Waals surface area contributed by atoms with Crippen molar-refractivity contribution in [2.75, 3.05) is 11.1 Å². The number of hydrogen-bond acceptors (Lipinski definition) is 7. The zero-order valence-corrected chi connectivity index (χ0v) is 17.3. The summed E-state index contributed by atoms with van der Waals surface area (Å²) in [6, 6.07) is 7.04. The van der Waals surface area contributed by atoms with Gasteiger partial charge >= 0.3 is 0 Å². The van der Waals surface area contributed by atoms with Crippen molar-refractivity contribution in [2.24, 2.45) is 7.05 Å². The van der Waals surface area contributed by atoms with E-state index in [4.69, 9.17) is 0 Å². The normalized spacial score (nSPS) is 11.8. The van der Waals surface area contributed by atoms with Crippen molar-refractivity contribution < 1.29 is 9.59 Å². The third-order valence-electron chi connectivity index (χ3n) is 3.93. The highest BCUT2D eigenvalue weighted by Crippen LogP contribution is 2.20. The highest BCUT2D eigenvalue weighted by Gasteiger charge is 2.19. The van der Waals surface area contributed by atoms with Gasteiger partial charge in [0, 0.05) is 24.2 Å². The Morgan fingerprint density at radius 1 is 1.25 bits per heavy atom. The van der Waals surface area contributed by atoms with E-state index in [-0.39, 0.29) is 23.6 Å². The summed E-state index contributed by atoms with van der Waals surface area (Å²) in [6.45, 7) is 3.82. The Balaban J connectivity index is 1.57. The molecule has 0 radical (unpaired) electrons. The Morgan fingerprint density at radius 2 is 2.00 bits per heavy atom. The van der Waals surface area contributed by atoms with Gasteiger partial charge in [-0.25, -0.2) is 4.98 Å². The predicted octanol–water partition coefficient (Wildman–Crippen LogP) is 2.80. The number of carbonyl (C=O) groups is 2. The topological polar surface area (TPSA) is 102 Å². The first kappa shape index (κ1) is 20.0. The fraction of sp³-hybridized carbons (Fsp3) is 0.278. The Bertz CT molecular complexity index is 953. The zero-order chi connectivity index (χ0) is 20.1. The van der Waals surface area contributed by atoms with Gasteiger partial charge < -0.3 is 15.2 Å². The molecule has 0 fully saturated rings. The number of thiazole rings is 1. The molecule has 10 heteroatoms. The van der Waals surface area contributed by atoms with Crippen LogP contribution in [-0.4, -0.2) is 37.3 Å². The molecule has 2 heterocycles. The van der Waals surface area contributed by atoms with Gasteiger partial charge in [-0.3, -0.25) is 9.59 Å². The first-order chi connectivity index (χ1) is 13.4. The molecule has 146 valence electrons. The minimum atomic E-state index is -0.329. The van der Waals surface area contributed by atoms with Crippen molar-refractivity contribution in [3.63, 3.8) is 0 Å². The molecule has 0 spiro atoms. The molecule has 0 aliphatic rings. The highest BCUT2D eigenvalue weighted by molar-refractivity contribution is 7.99. The van der Waals surface area contributed by atoms with Gasteiger partial charge in [0.25, 0.3) is 5.91 Å². The van der Waals surface area contributed by atoms with Crippen LogP contribution in [0.5, 0.6) is 0 Å². The number of nitrogens with one attached hydrogen (secondary N) is 2. The molecule has 2 amide bonds. The van der Waals surface area contributed by atoms with Crippen molar-refractivity contribution in [1.82, 2.24) is 25.1 Å². The van der Waals surface area contributed by atoms with Crippen LogP contribution < -0.4 is 10.6 Å². The van der Waals surface area contributed by atoms with Crippen LogP contribution in [0.3, 0.4) is 0 Å². The fourth-order valence-corrected chi connectivity index (χ4v) is 3.71. The number of nitrogens with zero attached hydrogens (tertiary/aromatic N) is 4. The van der Waals surface area contributed by atoms with E-state index in [0.717, 1.165) is 5.56 Å². The second-order valence-electron chi connectivity index (χ2n) is 6.14. The second kappa shape index (κ2) is 8.98. The van der Waals surface area contributed by atoms with Gasteiger partial charge in [0.15, 0.2) is 16.1 Å². The quantitative estimate of drug-likeness (QED) is 0.574. The van der Waals surface area contributed by atoms with Crippen LogP contribution in [0.2, 0.25) is 0 Å². The Morgan fingerprint density at radius 3 is 2.68 bits per heavy atom. The summed E-state index contributed by atoms with van der Waals surface area (Å²) < 4.78 is 1.78. The maximum atomic E-state index is 12.4. The third kappa shape index (κ3) is 4.96. The van der Waals surface area contributed by atoms with Crippen molar-refractivity contribution in [3.05, 3.63) is 52.8 Å². The van der Waals surface area contributed by atoms with Crippen molar-refractivity contribution in [2.45, 2.75) is 25.0 Å². The predicted molar refractivity (Wildman–Crippen MR) is 110 cm³/mol. The average Bonchev–Trinajstić information content (AvgIpc) is 3.30. The van der Waals surface area contributed by atoms with E-state index in [1.165, 1.54) is 23.1 Å². The van der Waals surface area contributed by atoms with E-state index in [1.807, 2.05) is 33.0 Å². The van der Waals surface area contributed by atoms with Crippen LogP contribution in [-0.2, 0) is 11.8 Å². The van der Waals surface area contributed by atoms with E-state index in [1.54, 1.807) is 28.3 Å². The second-order valence-corrected chi connectivity index (χ2v) is 7.97. The molecular formula is C18H20N6O2S2. The minimum Gasteiger partial charge on any atom is -0.342 e. The standard InChI is InChI=1S/C18H20N6O2S2/c1-11-4-6-13(7-5-11)16(26)20-12(2)15-22-23-18(24(15)3)28-10-14(25)21-17-19-8-9-27-17/h4-9,12H,10H2,1-3H3,(H,20,26)(H,19,21,25)/t12-/m1/s1. The van der Waals surface area contributed by atoms with Crippen LogP contribution >= 0.6 is 23.1 Å². The summed E-state index contributed by atoms with van der Waals surface area (Å²) in [5.74, 6) is 0.469. The maximum Gasteiger partial charge on any atom is 0.251 e. The molecule has 28 heavy (non-hydrogen) atoms. The lowest BCUT2D eigenvalue weighted by molar-refractivity contribution is -0.113. The molecule has 1 aromatic carbocycles. The maximum absolute atomic E-state index is 12.4.